The number of hydrogen-bond acceptors (Lipinski definition) is 3. The van der Waals surface area contributed by atoms with E-state index < -0.39 is 5.41 Å². The van der Waals surface area contributed by atoms with Gasteiger partial charge in [0.2, 0.25) is 5.91 Å². The molecule has 1 unspecified atom stereocenters. The molecule has 0 bridgehead atoms. The topological polar surface area (TPSA) is 32.8 Å². The predicted molar refractivity (Wildman–Crippen MR) is 156 cm³/mol. The van der Waals surface area contributed by atoms with E-state index in [-0.39, 0.29) is 11.8 Å². The zero-order valence-corrected chi connectivity index (χ0v) is 23.1. The highest BCUT2D eigenvalue weighted by atomic mass is 16.5. The molecule has 2 aliphatic heterocycles. The van der Waals surface area contributed by atoms with Crippen molar-refractivity contribution in [1.82, 2.24) is 9.80 Å². The molecule has 0 aromatic heterocycles. The molecular weight excluding hydrogens is 468 g/mol. The number of likely N-dealkylation sites (tertiary alicyclic amines) is 1. The minimum absolute atomic E-state index is 0.225. The maximum absolute atomic E-state index is 14.3. The fourth-order valence-corrected chi connectivity index (χ4v) is 6.62. The minimum atomic E-state index is -0.579. The highest BCUT2D eigenvalue weighted by Crippen LogP contribution is 2.44. The van der Waals surface area contributed by atoms with Crippen molar-refractivity contribution in [3.63, 3.8) is 0 Å². The number of rotatable bonds is 8. The van der Waals surface area contributed by atoms with Gasteiger partial charge in [-0.1, -0.05) is 78.4 Å². The fourth-order valence-electron chi connectivity index (χ4n) is 6.62. The van der Waals surface area contributed by atoms with E-state index in [1.54, 1.807) is 0 Å². The molecule has 1 fully saturated rings. The number of carbonyl (C=O) groups excluding carboxylic acids is 1. The van der Waals surface area contributed by atoms with Gasteiger partial charge in [0.25, 0.3) is 0 Å². The van der Waals surface area contributed by atoms with Crippen LogP contribution in [0.1, 0.15) is 48.8 Å². The van der Waals surface area contributed by atoms with Crippen LogP contribution in [0.4, 0.5) is 0 Å². The number of nitrogens with zero attached hydrogens (tertiary/aromatic N) is 2. The van der Waals surface area contributed by atoms with Gasteiger partial charge in [-0.2, -0.15) is 0 Å². The third-order valence-electron chi connectivity index (χ3n) is 8.54. The third kappa shape index (κ3) is 5.81. The Hall–Kier alpha value is -3.11. The quantitative estimate of drug-likeness (QED) is 0.429. The molecule has 4 nitrogen and oxygen atoms in total. The second-order valence-corrected chi connectivity index (χ2v) is 11.3. The van der Waals surface area contributed by atoms with Gasteiger partial charge < -0.3 is 14.5 Å². The number of hydrogen-bond donors (Lipinski definition) is 0. The van der Waals surface area contributed by atoms with E-state index in [0.717, 1.165) is 82.5 Å². The van der Waals surface area contributed by atoms with Crippen LogP contribution in [0.5, 0.6) is 5.75 Å². The van der Waals surface area contributed by atoms with Crippen molar-refractivity contribution >= 4 is 5.91 Å². The SMILES string of the molecule is CN(C)C(=O)C(CC1=CC=CC=CC1)(c1ccccc1)[C@H]1CCCN(CCc2ccc3c(c2)CCCO3)C1. The number of benzene rings is 2. The molecular formula is C34H42N2O2. The van der Waals surface area contributed by atoms with Gasteiger partial charge in [0.05, 0.1) is 12.0 Å². The Morgan fingerprint density at radius 2 is 1.95 bits per heavy atom. The van der Waals surface area contributed by atoms with Crippen LogP contribution in [-0.4, -0.2) is 56.0 Å². The summed E-state index contributed by atoms with van der Waals surface area (Å²) in [5.74, 6) is 1.54. The number of likely N-dealkylation sites (N-methyl/N-ethyl adjacent to an activating group) is 1. The molecule has 0 spiro atoms. The molecule has 3 aliphatic rings. The number of fused-ring (bicyclic) bond motifs is 1. The first-order valence-electron chi connectivity index (χ1n) is 14.3. The first-order valence-corrected chi connectivity index (χ1v) is 14.3. The van der Waals surface area contributed by atoms with Crippen LogP contribution in [0.15, 0.2) is 84.5 Å². The number of allylic oxidation sites excluding steroid dienone is 6. The average Bonchev–Trinajstić information content (AvgIpc) is 3.23. The largest absolute Gasteiger partial charge is 0.493 e. The van der Waals surface area contributed by atoms with Crippen LogP contribution in [0.25, 0.3) is 0 Å². The van der Waals surface area contributed by atoms with E-state index in [9.17, 15) is 4.79 Å². The Labute approximate surface area is 228 Å². The average molecular weight is 511 g/mol. The van der Waals surface area contributed by atoms with Gasteiger partial charge in [0.15, 0.2) is 0 Å². The summed E-state index contributed by atoms with van der Waals surface area (Å²) >= 11 is 0. The summed E-state index contributed by atoms with van der Waals surface area (Å²) in [5, 5.41) is 0. The van der Waals surface area contributed by atoms with Gasteiger partial charge >= 0.3 is 0 Å². The molecule has 2 atom stereocenters. The zero-order valence-electron chi connectivity index (χ0n) is 23.1. The first kappa shape index (κ1) is 26.5. The molecule has 5 rings (SSSR count). The van der Waals surface area contributed by atoms with Gasteiger partial charge in [-0.05, 0) is 80.2 Å². The van der Waals surface area contributed by atoms with Crippen LogP contribution in [0, 0.1) is 5.92 Å². The molecule has 2 aromatic carbocycles. The van der Waals surface area contributed by atoms with Crippen LogP contribution in [0.2, 0.25) is 0 Å². The Kier molecular flexibility index (Phi) is 8.48. The van der Waals surface area contributed by atoms with E-state index >= 15 is 0 Å². The highest BCUT2D eigenvalue weighted by Gasteiger charge is 2.49. The lowest BCUT2D eigenvalue weighted by molar-refractivity contribution is -0.138. The normalized spacial score (nSPS) is 21.0. The van der Waals surface area contributed by atoms with Crippen molar-refractivity contribution in [2.75, 3.05) is 40.3 Å². The van der Waals surface area contributed by atoms with Crippen molar-refractivity contribution in [3.8, 4) is 5.75 Å². The van der Waals surface area contributed by atoms with Gasteiger partial charge in [-0.15, -0.1) is 0 Å². The Balaban J connectivity index is 1.41. The van der Waals surface area contributed by atoms with Gasteiger partial charge in [-0.3, -0.25) is 4.79 Å². The summed E-state index contributed by atoms with van der Waals surface area (Å²) in [7, 11) is 3.84. The van der Waals surface area contributed by atoms with E-state index in [1.165, 1.54) is 16.7 Å². The Bertz CT molecular complexity index is 1200. The number of piperidine rings is 1. The van der Waals surface area contributed by atoms with Gasteiger partial charge in [0.1, 0.15) is 5.75 Å². The van der Waals surface area contributed by atoms with Gasteiger partial charge in [0, 0.05) is 27.2 Å². The maximum Gasteiger partial charge on any atom is 0.233 e. The lowest BCUT2D eigenvalue weighted by Gasteiger charge is -2.46. The smallest absolute Gasteiger partial charge is 0.233 e. The number of amides is 1. The molecule has 1 amide bonds. The highest BCUT2D eigenvalue weighted by molar-refractivity contribution is 5.89. The van der Waals surface area contributed by atoms with Crippen molar-refractivity contribution in [3.05, 3.63) is 101 Å². The summed E-state index contributed by atoms with van der Waals surface area (Å²) < 4.78 is 5.82. The maximum atomic E-state index is 14.3. The third-order valence-corrected chi connectivity index (χ3v) is 8.54. The number of aryl methyl sites for hydroxylation is 1. The molecule has 200 valence electrons. The number of carbonyl (C=O) groups is 1. The lowest BCUT2D eigenvalue weighted by Crippen LogP contribution is -2.54. The molecule has 0 N–H and O–H groups in total. The van der Waals surface area contributed by atoms with Crippen LogP contribution in [0.3, 0.4) is 0 Å². The van der Waals surface area contributed by atoms with Crippen molar-refractivity contribution in [1.29, 1.82) is 0 Å². The van der Waals surface area contributed by atoms with Crippen LogP contribution in [-0.2, 0) is 23.1 Å². The molecule has 2 heterocycles. The van der Waals surface area contributed by atoms with Crippen molar-refractivity contribution in [2.45, 2.75) is 50.4 Å². The molecule has 38 heavy (non-hydrogen) atoms. The Morgan fingerprint density at radius 3 is 2.79 bits per heavy atom. The van der Waals surface area contributed by atoms with Crippen molar-refractivity contribution in [2.24, 2.45) is 5.92 Å². The Morgan fingerprint density at radius 1 is 1.08 bits per heavy atom. The van der Waals surface area contributed by atoms with Crippen LogP contribution >= 0.6 is 0 Å². The summed E-state index contributed by atoms with van der Waals surface area (Å²) in [4.78, 5) is 18.7. The molecule has 2 aromatic rings. The first-order chi connectivity index (χ1) is 18.6. The standard InChI is InChI=1S/C34H42N2O2/c1-35(2)33(37)34(30-15-8-5-9-16-30,25-28-12-6-3-4-7-13-28)31-17-10-21-36(26-31)22-20-27-18-19-32-29(24-27)14-11-23-38-32/h3-9,12,15-16,18-19,24,31H,10-11,13-14,17,20-23,25-26H2,1-2H3/t31-,34?/m0/s1. The monoisotopic (exact) mass is 510 g/mol. The minimum Gasteiger partial charge on any atom is -0.493 e. The van der Waals surface area contributed by atoms with E-state index in [2.05, 4.69) is 83.8 Å². The zero-order chi connectivity index (χ0) is 26.4. The predicted octanol–water partition coefficient (Wildman–Crippen LogP) is 6.12. The lowest BCUT2D eigenvalue weighted by atomic mass is 9.63. The molecule has 1 aliphatic carbocycles. The molecule has 1 saturated heterocycles. The van der Waals surface area contributed by atoms with Crippen LogP contribution < -0.4 is 4.74 Å². The van der Waals surface area contributed by atoms with E-state index in [0.29, 0.717) is 0 Å². The van der Waals surface area contributed by atoms with Gasteiger partial charge in [-0.25, -0.2) is 0 Å². The van der Waals surface area contributed by atoms with E-state index in [4.69, 9.17) is 4.74 Å². The van der Waals surface area contributed by atoms with Crippen molar-refractivity contribution < 1.29 is 9.53 Å². The summed E-state index contributed by atoms with van der Waals surface area (Å²) in [6.45, 7) is 3.90. The molecule has 0 radical (unpaired) electrons. The summed E-state index contributed by atoms with van der Waals surface area (Å²) in [6, 6.07) is 17.3. The summed E-state index contributed by atoms with van der Waals surface area (Å²) in [5.41, 5.74) is 4.63. The fraction of sp³-hybridized carbons (Fsp3) is 0.441. The molecule has 0 saturated carbocycles. The number of ether oxygens (including phenoxy) is 1. The second kappa shape index (κ2) is 12.2. The molecule has 4 heteroatoms. The van der Waals surface area contributed by atoms with E-state index in [1.807, 2.05) is 19.0 Å². The second-order valence-electron chi connectivity index (χ2n) is 11.3. The summed E-state index contributed by atoms with van der Waals surface area (Å²) in [6.07, 6.45) is 17.8.